The van der Waals surface area contributed by atoms with Crippen LogP contribution in [0.2, 0.25) is 0 Å². The zero-order chi connectivity index (χ0) is 24.3. The van der Waals surface area contributed by atoms with Gasteiger partial charge in [0, 0.05) is 31.9 Å². The molecule has 6 rings (SSSR count). The van der Waals surface area contributed by atoms with E-state index < -0.39 is 9.84 Å². The molecule has 2 aliphatic heterocycles. The average Bonchev–Trinajstić information content (AvgIpc) is 3.28. The van der Waals surface area contributed by atoms with E-state index in [9.17, 15) is 13.2 Å². The van der Waals surface area contributed by atoms with E-state index in [0.717, 1.165) is 44.0 Å². The lowest BCUT2D eigenvalue weighted by atomic mass is 10.1. The Labute approximate surface area is 202 Å². The summed E-state index contributed by atoms with van der Waals surface area (Å²) in [5.74, 6) is 0. The Morgan fingerprint density at radius 1 is 1.09 bits per heavy atom. The zero-order valence-electron chi connectivity index (χ0n) is 19.6. The predicted octanol–water partition coefficient (Wildman–Crippen LogP) is 1.54. The quantitative estimate of drug-likeness (QED) is 0.456. The van der Waals surface area contributed by atoms with Crippen LogP contribution in [-0.2, 0) is 14.6 Å². The number of aromatic nitrogens is 4. The molecule has 0 aliphatic carbocycles. The Morgan fingerprint density at radius 3 is 2.77 bits per heavy atom. The van der Waals surface area contributed by atoms with Gasteiger partial charge in [0.05, 0.1) is 35.1 Å². The topological polar surface area (TPSA) is 113 Å². The summed E-state index contributed by atoms with van der Waals surface area (Å²) in [6.45, 7) is 8.69. The summed E-state index contributed by atoms with van der Waals surface area (Å²) in [5.41, 5.74) is 2.71. The molecule has 0 spiro atoms. The molecule has 11 heteroatoms. The number of nitrogens with one attached hydrogen (secondary N) is 1. The Bertz CT molecular complexity index is 1630. The van der Waals surface area contributed by atoms with Gasteiger partial charge in [0.15, 0.2) is 5.65 Å². The lowest BCUT2D eigenvalue weighted by molar-refractivity contribution is -0.0116. The van der Waals surface area contributed by atoms with Gasteiger partial charge in [-0.1, -0.05) is 22.9 Å². The van der Waals surface area contributed by atoms with Crippen molar-refractivity contribution in [2.75, 3.05) is 44.3 Å². The standard InChI is InChI=1S/C24H26N6O4S/c1-15-3-6-21(16(2)11-15)35(32,33)24-22-25-23(31)19-5-4-17(12-20(19)30(22)27-26-24)29-8-7-28-9-10-34-14-18(28)13-29/h3-6,11-12,18H,7-10,13-14H2,1-2H3,(H,25,31). The molecule has 2 aliphatic rings. The molecule has 0 amide bonds. The molecule has 4 aromatic rings. The maximum Gasteiger partial charge on any atom is 0.259 e. The summed E-state index contributed by atoms with van der Waals surface area (Å²) in [6, 6.07) is 11.0. The maximum atomic E-state index is 13.5. The van der Waals surface area contributed by atoms with Crippen molar-refractivity contribution in [1.29, 1.82) is 0 Å². The van der Waals surface area contributed by atoms with E-state index in [-0.39, 0.29) is 21.1 Å². The molecule has 2 fully saturated rings. The summed E-state index contributed by atoms with van der Waals surface area (Å²) >= 11 is 0. The lowest BCUT2D eigenvalue weighted by Gasteiger charge is -2.44. The van der Waals surface area contributed by atoms with Crippen LogP contribution in [0.3, 0.4) is 0 Å². The smallest absolute Gasteiger partial charge is 0.259 e. The SMILES string of the molecule is Cc1ccc(S(=O)(=O)c2nnn3c2[nH]c(=O)c2ccc(N4CCN5CCOCC5C4)cc23)c(C)c1. The summed E-state index contributed by atoms with van der Waals surface area (Å²) in [6.07, 6.45) is 0. The fourth-order valence-electron chi connectivity index (χ4n) is 5.17. The molecule has 4 heterocycles. The number of piperazine rings is 1. The first kappa shape index (κ1) is 22.2. The molecule has 10 nitrogen and oxygen atoms in total. The van der Waals surface area contributed by atoms with Gasteiger partial charge in [0.25, 0.3) is 5.56 Å². The summed E-state index contributed by atoms with van der Waals surface area (Å²) in [7, 11) is -3.99. The van der Waals surface area contributed by atoms with E-state index in [1.807, 2.05) is 19.1 Å². The van der Waals surface area contributed by atoms with Gasteiger partial charge in [0.1, 0.15) is 0 Å². The number of ether oxygens (including phenoxy) is 1. The van der Waals surface area contributed by atoms with Crippen molar-refractivity contribution in [1.82, 2.24) is 24.7 Å². The number of hydrogen-bond acceptors (Lipinski definition) is 8. The summed E-state index contributed by atoms with van der Waals surface area (Å²) < 4.78 is 34.0. The van der Waals surface area contributed by atoms with Gasteiger partial charge in [-0.15, -0.1) is 5.10 Å². The van der Waals surface area contributed by atoms with E-state index in [1.165, 1.54) is 4.52 Å². The van der Waals surface area contributed by atoms with Crippen molar-refractivity contribution in [3.63, 3.8) is 0 Å². The van der Waals surface area contributed by atoms with Crippen LogP contribution in [0.1, 0.15) is 11.1 Å². The highest BCUT2D eigenvalue weighted by molar-refractivity contribution is 7.91. The van der Waals surface area contributed by atoms with Crippen LogP contribution < -0.4 is 10.5 Å². The Morgan fingerprint density at radius 2 is 1.94 bits per heavy atom. The van der Waals surface area contributed by atoms with Crippen LogP contribution in [0.4, 0.5) is 5.69 Å². The third-order valence-corrected chi connectivity index (χ3v) is 8.82. The van der Waals surface area contributed by atoms with Gasteiger partial charge in [-0.25, -0.2) is 8.42 Å². The highest BCUT2D eigenvalue weighted by atomic mass is 32.2. The molecule has 2 aromatic carbocycles. The molecule has 0 bridgehead atoms. The lowest BCUT2D eigenvalue weighted by Crippen LogP contribution is -2.58. The van der Waals surface area contributed by atoms with Gasteiger partial charge < -0.3 is 14.6 Å². The molecular weight excluding hydrogens is 468 g/mol. The van der Waals surface area contributed by atoms with Crippen LogP contribution in [0.15, 0.2) is 51.1 Å². The minimum Gasteiger partial charge on any atom is -0.378 e. The molecule has 0 radical (unpaired) electrons. The van der Waals surface area contributed by atoms with Crippen molar-refractivity contribution >= 4 is 32.1 Å². The van der Waals surface area contributed by atoms with Crippen molar-refractivity contribution in [3.05, 3.63) is 57.9 Å². The molecule has 2 aromatic heterocycles. The zero-order valence-corrected chi connectivity index (χ0v) is 20.4. The fourth-order valence-corrected chi connectivity index (χ4v) is 6.64. The third kappa shape index (κ3) is 3.62. The normalized spacial score (nSPS) is 19.4. The van der Waals surface area contributed by atoms with E-state index in [0.29, 0.717) is 29.1 Å². The van der Waals surface area contributed by atoms with Crippen LogP contribution in [0.25, 0.3) is 16.6 Å². The van der Waals surface area contributed by atoms with E-state index in [1.54, 1.807) is 31.2 Å². The van der Waals surface area contributed by atoms with E-state index in [2.05, 4.69) is 25.1 Å². The first-order valence-corrected chi connectivity index (χ1v) is 13.1. The average molecular weight is 495 g/mol. The van der Waals surface area contributed by atoms with Crippen LogP contribution in [-0.4, -0.2) is 78.6 Å². The number of hydrogen-bond donors (Lipinski definition) is 1. The molecule has 1 unspecified atom stereocenters. The molecule has 182 valence electrons. The van der Waals surface area contributed by atoms with Crippen molar-refractivity contribution in [2.24, 2.45) is 0 Å². The van der Waals surface area contributed by atoms with Gasteiger partial charge >= 0.3 is 0 Å². The summed E-state index contributed by atoms with van der Waals surface area (Å²) in [5, 5.41) is 8.32. The first-order valence-electron chi connectivity index (χ1n) is 11.6. The van der Waals surface area contributed by atoms with Gasteiger partial charge in [-0.3, -0.25) is 9.69 Å². The number of aryl methyl sites for hydroxylation is 2. The molecule has 35 heavy (non-hydrogen) atoms. The van der Waals surface area contributed by atoms with E-state index in [4.69, 9.17) is 4.74 Å². The Balaban J connectivity index is 1.46. The number of benzene rings is 2. The molecular formula is C24H26N6O4S. The Hall–Kier alpha value is -3.28. The third-order valence-electron chi connectivity index (χ3n) is 7.00. The number of anilines is 1. The Kier molecular flexibility index (Phi) is 5.17. The number of aromatic amines is 1. The molecule has 0 saturated carbocycles. The number of H-pyrrole nitrogens is 1. The fraction of sp³-hybridized carbons (Fsp3) is 0.375. The molecule has 2 saturated heterocycles. The van der Waals surface area contributed by atoms with E-state index >= 15 is 0 Å². The van der Waals surface area contributed by atoms with Gasteiger partial charge in [0.2, 0.25) is 14.9 Å². The number of morpholine rings is 1. The number of nitrogens with zero attached hydrogens (tertiary/aromatic N) is 5. The van der Waals surface area contributed by atoms with Crippen molar-refractivity contribution in [3.8, 4) is 0 Å². The molecule has 1 atom stereocenters. The number of rotatable bonds is 3. The second-order valence-electron chi connectivity index (χ2n) is 9.29. The molecule has 1 N–H and O–H groups in total. The van der Waals surface area contributed by atoms with Crippen LogP contribution >= 0.6 is 0 Å². The number of sulfone groups is 1. The van der Waals surface area contributed by atoms with Gasteiger partial charge in [-0.05, 0) is 43.7 Å². The highest BCUT2D eigenvalue weighted by Crippen LogP contribution is 2.28. The highest BCUT2D eigenvalue weighted by Gasteiger charge is 2.31. The van der Waals surface area contributed by atoms with Crippen molar-refractivity contribution < 1.29 is 13.2 Å². The van der Waals surface area contributed by atoms with Gasteiger partial charge in [-0.2, -0.15) is 4.52 Å². The first-order chi connectivity index (χ1) is 16.8. The van der Waals surface area contributed by atoms with Crippen molar-refractivity contribution in [2.45, 2.75) is 29.8 Å². The van der Waals surface area contributed by atoms with Crippen LogP contribution in [0.5, 0.6) is 0 Å². The largest absolute Gasteiger partial charge is 0.378 e. The second-order valence-corrected chi connectivity index (χ2v) is 11.1. The number of fused-ring (bicyclic) bond motifs is 4. The maximum absolute atomic E-state index is 13.5. The summed E-state index contributed by atoms with van der Waals surface area (Å²) in [4.78, 5) is 20.5. The second kappa shape index (κ2) is 8.14. The predicted molar refractivity (Wildman–Crippen MR) is 131 cm³/mol. The monoisotopic (exact) mass is 494 g/mol. The minimum absolute atomic E-state index is 0.0603. The minimum atomic E-state index is -3.99. The van der Waals surface area contributed by atoms with Crippen LogP contribution in [0, 0.1) is 13.8 Å².